The zero-order valence-electron chi connectivity index (χ0n) is 9.90. The van der Waals surface area contributed by atoms with Crippen LogP contribution in [0.1, 0.15) is 20.3 Å². The number of anilines is 1. The number of rotatable bonds is 5. The van der Waals surface area contributed by atoms with Crippen molar-refractivity contribution in [3.05, 3.63) is 10.8 Å². The van der Waals surface area contributed by atoms with E-state index >= 15 is 0 Å². The lowest BCUT2D eigenvalue weighted by Crippen LogP contribution is -2.05. The third kappa shape index (κ3) is 3.20. The number of hydrogen-bond donors (Lipinski definition) is 1. The summed E-state index contributed by atoms with van der Waals surface area (Å²) in [6, 6.07) is 0.451. The Kier molecular flexibility index (Phi) is 5.44. The maximum Gasteiger partial charge on any atom is 0.318 e. The van der Waals surface area contributed by atoms with Crippen molar-refractivity contribution in [3.63, 3.8) is 0 Å². The highest BCUT2D eigenvalue weighted by Crippen LogP contribution is 2.26. The van der Waals surface area contributed by atoms with Crippen molar-refractivity contribution >= 4 is 40.5 Å². The first-order valence-corrected chi connectivity index (χ1v) is 6.40. The molecule has 0 bridgehead atoms. The Bertz CT molecular complexity index is 475. The molecule has 0 fully saturated rings. The van der Waals surface area contributed by atoms with E-state index in [2.05, 4.69) is 27.6 Å². The number of ether oxygens (including phenoxy) is 1. The Morgan fingerprint density at radius 1 is 1.29 bits per heavy atom. The predicted molar refractivity (Wildman–Crippen MR) is 74.6 cm³/mol. The van der Waals surface area contributed by atoms with Gasteiger partial charge in [-0.15, -0.1) is 23.7 Å². The number of nitrogens with one attached hydrogen (secondary N) is 1. The Balaban J connectivity index is 0.00000144. The van der Waals surface area contributed by atoms with Crippen molar-refractivity contribution in [2.24, 2.45) is 0 Å². The highest BCUT2D eigenvalue weighted by Gasteiger charge is 2.08. The van der Waals surface area contributed by atoms with Crippen LogP contribution >= 0.6 is 23.7 Å². The van der Waals surface area contributed by atoms with Gasteiger partial charge in [-0.3, -0.25) is 0 Å². The number of thiophene rings is 1. The molecule has 0 radical (unpaired) electrons. The predicted octanol–water partition coefficient (Wildman–Crippen LogP) is 3.33. The number of nitrogens with zero attached hydrogens (tertiary/aromatic N) is 2. The van der Waals surface area contributed by atoms with Crippen molar-refractivity contribution < 1.29 is 4.74 Å². The minimum atomic E-state index is 0. The SMILES string of the molecule is CCCNc1nc(OCC)nc2cscc12.Cl. The third-order valence-electron chi connectivity index (χ3n) is 2.14. The fourth-order valence-corrected chi connectivity index (χ4v) is 2.15. The summed E-state index contributed by atoms with van der Waals surface area (Å²) in [6.07, 6.45) is 1.07. The maximum atomic E-state index is 5.35. The Hall–Kier alpha value is -1.07. The third-order valence-corrected chi connectivity index (χ3v) is 2.87. The van der Waals surface area contributed by atoms with Gasteiger partial charge in [0.05, 0.1) is 17.5 Å². The second-order valence-corrected chi connectivity index (χ2v) is 4.13. The van der Waals surface area contributed by atoms with Gasteiger partial charge in [-0.1, -0.05) is 6.92 Å². The molecule has 0 saturated heterocycles. The molecule has 0 aliphatic carbocycles. The summed E-state index contributed by atoms with van der Waals surface area (Å²) in [5, 5.41) is 8.44. The molecule has 0 saturated carbocycles. The lowest BCUT2D eigenvalue weighted by molar-refractivity contribution is 0.314. The molecule has 0 unspecified atom stereocenters. The van der Waals surface area contributed by atoms with Crippen molar-refractivity contribution in [1.29, 1.82) is 0 Å². The smallest absolute Gasteiger partial charge is 0.318 e. The van der Waals surface area contributed by atoms with Crippen molar-refractivity contribution in [1.82, 2.24) is 9.97 Å². The lowest BCUT2D eigenvalue weighted by Gasteiger charge is -2.07. The average molecular weight is 274 g/mol. The van der Waals surface area contributed by atoms with E-state index in [1.54, 1.807) is 11.3 Å². The summed E-state index contributed by atoms with van der Waals surface area (Å²) in [4.78, 5) is 8.69. The van der Waals surface area contributed by atoms with E-state index in [9.17, 15) is 0 Å². The molecule has 6 heteroatoms. The fraction of sp³-hybridized carbons (Fsp3) is 0.455. The molecule has 0 aliphatic rings. The van der Waals surface area contributed by atoms with Crippen LogP contribution in [0, 0.1) is 0 Å². The van der Waals surface area contributed by atoms with Crippen LogP contribution in [0.2, 0.25) is 0 Å². The van der Waals surface area contributed by atoms with Gasteiger partial charge >= 0.3 is 6.01 Å². The second kappa shape index (κ2) is 6.61. The summed E-state index contributed by atoms with van der Waals surface area (Å²) in [5.74, 6) is 0.872. The largest absolute Gasteiger partial charge is 0.464 e. The van der Waals surface area contributed by atoms with E-state index in [-0.39, 0.29) is 12.4 Å². The zero-order valence-corrected chi connectivity index (χ0v) is 11.5. The van der Waals surface area contributed by atoms with Gasteiger partial charge in [-0.25, -0.2) is 0 Å². The molecule has 17 heavy (non-hydrogen) atoms. The second-order valence-electron chi connectivity index (χ2n) is 3.39. The van der Waals surface area contributed by atoms with Crippen LogP contribution in [-0.2, 0) is 0 Å². The maximum absolute atomic E-state index is 5.35. The molecule has 0 aliphatic heterocycles. The lowest BCUT2D eigenvalue weighted by atomic mass is 10.3. The Labute approximate surface area is 111 Å². The van der Waals surface area contributed by atoms with Crippen LogP contribution in [-0.4, -0.2) is 23.1 Å². The highest BCUT2D eigenvalue weighted by atomic mass is 35.5. The molecule has 2 aromatic rings. The summed E-state index contributed by atoms with van der Waals surface area (Å²) in [5.41, 5.74) is 0.946. The van der Waals surface area contributed by atoms with E-state index < -0.39 is 0 Å². The van der Waals surface area contributed by atoms with Crippen molar-refractivity contribution in [2.75, 3.05) is 18.5 Å². The monoisotopic (exact) mass is 273 g/mol. The summed E-state index contributed by atoms with van der Waals surface area (Å²) in [7, 11) is 0. The van der Waals surface area contributed by atoms with E-state index in [0.29, 0.717) is 12.6 Å². The molecule has 1 N–H and O–H groups in total. The van der Waals surface area contributed by atoms with Crippen LogP contribution in [0.15, 0.2) is 10.8 Å². The first-order chi connectivity index (χ1) is 7.85. The molecule has 2 rings (SSSR count). The van der Waals surface area contributed by atoms with Crippen LogP contribution in [0.5, 0.6) is 6.01 Å². The average Bonchev–Trinajstić information content (AvgIpc) is 2.74. The molecule has 94 valence electrons. The van der Waals surface area contributed by atoms with Gasteiger partial charge in [-0.05, 0) is 13.3 Å². The topological polar surface area (TPSA) is 47.0 Å². The molecule has 0 spiro atoms. The zero-order chi connectivity index (χ0) is 11.4. The van der Waals surface area contributed by atoms with Gasteiger partial charge in [0, 0.05) is 17.3 Å². The van der Waals surface area contributed by atoms with Gasteiger partial charge in [0.25, 0.3) is 0 Å². The van der Waals surface area contributed by atoms with Crippen LogP contribution in [0.25, 0.3) is 10.9 Å². The summed E-state index contributed by atoms with van der Waals surface area (Å²) < 4.78 is 5.35. The Morgan fingerprint density at radius 3 is 2.82 bits per heavy atom. The molecule has 0 atom stereocenters. The summed E-state index contributed by atoms with van der Waals surface area (Å²) in [6.45, 7) is 5.55. The summed E-state index contributed by atoms with van der Waals surface area (Å²) >= 11 is 1.63. The first kappa shape index (κ1) is 14.0. The van der Waals surface area contributed by atoms with Gasteiger partial charge in [0.1, 0.15) is 5.82 Å². The first-order valence-electron chi connectivity index (χ1n) is 5.45. The van der Waals surface area contributed by atoms with Crippen LogP contribution in [0.4, 0.5) is 5.82 Å². The van der Waals surface area contributed by atoms with Gasteiger partial charge in [0.15, 0.2) is 0 Å². The van der Waals surface area contributed by atoms with Gasteiger partial charge in [-0.2, -0.15) is 9.97 Å². The quantitative estimate of drug-likeness (QED) is 0.908. The van der Waals surface area contributed by atoms with Crippen molar-refractivity contribution in [3.8, 4) is 6.01 Å². The fourth-order valence-electron chi connectivity index (χ4n) is 1.41. The van der Waals surface area contributed by atoms with E-state index in [0.717, 1.165) is 29.7 Å². The normalized spacial score (nSPS) is 10.0. The van der Waals surface area contributed by atoms with Gasteiger partial charge in [0.2, 0.25) is 0 Å². The van der Waals surface area contributed by atoms with E-state index in [1.807, 2.05) is 12.3 Å². The molecule has 0 aromatic carbocycles. The number of hydrogen-bond acceptors (Lipinski definition) is 5. The molecular formula is C11H16ClN3OS. The standard InChI is InChI=1S/C11H15N3OS.ClH/c1-3-5-12-10-8-6-16-7-9(8)13-11(14-10)15-4-2;/h6-7H,3-5H2,1-2H3,(H,12,13,14);1H. The van der Waals surface area contributed by atoms with E-state index in [1.165, 1.54) is 0 Å². The Morgan fingerprint density at radius 2 is 2.12 bits per heavy atom. The van der Waals surface area contributed by atoms with Crippen molar-refractivity contribution in [2.45, 2.75) is 20.3 Å². The van der Waals surface area contributed by atoms with Gasteiger partial charge < -0.3 is 10.1 Å². The minimum Gasteiger partial charge on any atom is -0.464 e. The molecular weight excluding hydrogens is 258 g/mol. The minimum absolute atomic E-state index is 0. The number of aromatic nitrogens is 2. The van der Waals surface area contributed by atoms with E-state index in [4.69, 9.17) is 4.74 Å². The molecule has 2 heterocycles. The highest BCUT2D eigenvalue weighted by molar-refractivity contribution is 7.09. The van der Waals surface area contributed by atoms with Crippen LogP contribution < -0.4 is 10.1 Å². The molecule has 4 nitrogen and oxygen atoms in total. The number of fused-ring (bicyclic) bond motifs is 1. The molecule has 0 amide bonds. The number of halogens is 1. The van der Waals surface area contributed by atoms with Crippen LogP contribution in [0.3, 0.4) is 0 Å². The molecule has 2 aromatic heterocycles.